The van der Waals surface area contributed by atoms with Crippen molar-refractivity contribution in [3.05, 3.63) is 151 Å². The molecular formula is C56H71Br2ClN8O4. The Morgan fingerprint density at radius 2 is 0.901 bits per heavy atom. The van der Waals surface area contributed by atoms with Crippen LogP contribution < -0.4 is 20.1 Å². The molecule has 71 heavy (non-hydrogen) atoms. The van der Waals surface area contributed by atoms with Crippen LogP contribution in [0.25, 0.3) is 0 Å². The molecule has 2 N–H and O–H groups in total. The van der Waals surface area contributed by atoms with E-state index < -0.39 is 0 Å². The average molecular weight is 1120 g/mol. The van der Waals surface area contributed by atoms with Crippen molar-refractivity contribution in [2.45, 2.75) is 106 Å². The standard InChI is InChI=1S/2C28H35BrN4O2.ClH/c2*1-20(2)19-35-26-12-11-25(29)16-24(26)18-33-21(3)15-27(31-33)30-28(34)23-9-7-22(8-10-23)17-32-13-5-4-6-14-32;/h2*7-12,15-16,20H,4-6,13-14,17-19H2,1-3H3,(H,30,31,34);1H. The van der Waals surface area contributed by atoms with E-state index in [0.29, 0.717) is 60.9 Å². The van der Waals surface area contributed by atoms with Crippen LogP contribution in [-0.2, 0) is 26.2 Å². The molecule has 12 nitrogen and oxygen atoms in total. The molecule has 6 aromatic rings. The van der Waals surface area contributed by atoms with Crippen LogP contribution in [0.15, 0.2) is 106 Å². The first-order valence-electron chi connectivity index (χ1n) is 24.9. The van der Waals surface area contributed by atoms with Crippen molar-refractivity contribution < 1.29 is 19.1 Å². The zero-order chi connectivity index (χ0) is 49.6. The second-order valence-corrected chi connectivity index (χ2v) is 21.4. The van der Waals surface area contributed by atoms with Crippen LogP contribution in [0.3, 0.4) is 0 Å². The van der Waals surface area contributed by atoms with Gasteiger partial charge in [-0.3, -0.25) is 28.8 Å². The van der Waals surface area contributed by atoms with Gasteiger partial charge in [0, 0.05) is 67.8 Å². The highest BCUT2D eigenvalue weighted by Crippen LogP contribution is 2.28. The Morgan fingerprint density at radius 3 is 1.25 bits per heavy atom. The van der Waals surface area contributed by atoms with Gasteiger partial charge in [0.15, 0.2) is 11.6 Å². The number of nitrogens with one attached hydrogen (secondary N) is 2. The maximum Gasteiger partial charge on any atom is 0.256 e. The number of aryl methyl sites for hydroxylation is 2. The summed E-state index contributed by atoms with van der Waals surface area (Å²) in [4.78, 5) is 30.7. The van der Waals surface area contributed by atoms with Crippen LogP contribution in [0.1, 0.15) is 121 Å². The van der Waals surface area contributed by atoms with Crippen LogP contribution in [0, 0.1) is 25.7 Å². The Morgan fingerprint density at radius 1 is 0.535 bits per heavy atom. The van der Waals surface area contributed by atoms with Gasteiger partial charge in [0.25, 0.3) is 11.8 Å². The van der Waals surface area contributed by atoms with Gasteiger partial charge in [0.2, 0.25) is 0 Å². The minimum absolute atomic E-state index is 0. The predicted octanol–water partition coefficient (Wildman–Crippen LogP) is 13.0. The summed E-state index contributed by atoms with van der Waals surface area (Å²) in [5, 5.41) is 15.2. The molecule has 15 heteroatoms. The van der Waals surface area contributed by atoms with Gasteiger partial charge in [0.1, 0.15) is 11.5 Å². The predicted molar refractivity (Wildman–Crippen MR) is 295 cm³/mol. The number of anilines is 2. The van der Waals surface area contributed by atoms with Gasteiger partial charge in [-0.25, -0.2) is 0 Å². The monoisotopic (exact) mass is 1110 g/mol. The Bertz CT molecular complexity index is 2460. The largest absolute Gasteiger partial charge is 0.493 e. The number of halogens is 3. The van der Waals surface area contributed by atoms with Crippen LogP contribution in [0.4, 0.5) is 11.6 Å². The van der Waals surface area contributed by atoms with Crippen LogP contribution >= 0.6 is 44.3 Å². The molecule has 0 bridgehead atoms. The Kier molecular flexibility index (Phi) is 21.2. The summed E-state index contributed by atoms with van der Waals surface area (Å²) >= 11 is 7.12. The van der Waals surface area contributed by atoms with E-state index in [2.05, 4.69) is 127 Å². The summed E-state index contributed by atoms with van der Waals surface area (Å²) in [5.41, 5.74) is 7.76. The van der Waals surface area contributed by atoms with Gasteiger partial charge in [-0.2, -0.15) is 10.2 Å². The number of likely N-dealkylation sites (tertiary alicyclic amines) is 2. The van der Waals surface area contributed by atoms with Gasteiger partial charge in [-0.1, -0.05) is 96.7 Å². The maximum atomic E-state index is 12.8. The minimum atomic E-state index is -0.150. The van der Waals surface area contributed by atoms with E-state index in [1.807, 2.05) is 83.9 Å². The van der Waals surface area contributed by atoms with E-state index in [1.54, 1.807) is 0 Å². The first kappa shape index (κ1) is 55.3. The fourth-order valence-corrected chi connectivity index (χ4v) is 9.39. The number of piperidine rings is 2. The van der Waals surface area contributed by atoms with Crippen LogP contribution in [0.2, 0.25) is 0 Å². The molecule has 0 aliphatic carbocycles. The van der Waals surface area contributed by atoms with Crippen LogP contribution in [0.5, 0.6) is 11.5 Å². The van der Waals surface area contributed by atoms with Gasteiger partial charge in [-0.15, -0.1) is 12.4 Å². The van der Waals surface area contributed by atoms with Crippen molar-refractivity contribution in [3.8, 4) is 11.5 Å². The molecule has 0 unspecified atom stereocenters. The van der Waals surface area contributed by atoms with E-state index in [1.165, 1.54) is 49.7 Å². The summed E-state index contributed by atoms with van der Waals surface area (Å²) in [5.74, 6) is 3.38. The van der Waals surface area contributed by atoms with Crippen molar-refractivity contribution >= 4 is 67.7 Å². The molecule has 4 aromatic carbocycles. The lowest BCUT2D eigenvalue weighted by Gasteiger charge is -2.26. The van der Waals surface area contributed by atoms with Crippen molar-refractivity contribution in [3.63, 3.8) is 0 Å². The van der Waals surface area contributed by atoms with Gasteiger partial charge in [0.05, 0.1) is 26.3 Å². The van der Waals surface area contributed by atoms with Crippen LogP contribution in [-0.4, -0.2) is 80.6 Å². The fraction of sp³-hybridized carbons (Fsp3) is 0.429. The van der Waals surface area contributed by atoms with Crippen molar-refractivity contribution in [1.82, 2.24) is 29.4 Å². The number of hydrogen-bond acceptors (Lipinski definition) is 8. The number of benzene rings is 4. The van der Waals surface area contributed by atoms with Gasteiger partial charge in [-0.05, 0) is 149 Å². The lowest BCUT2D eigenvalue weighted by Crippen LogP contribution is -2.29. The Balaban J connectivity index is 0.000000229. The molecule has 0 spiro atoms. The number of nitrogens with zero attached hydrogens (tertiary/aromatic N) is 6. The summed E-state index contributed by atoms with van der Waals surface area (Å²) in [6.07, 6.45) is 7.78. The topological polar surface area (TPSA) is 119 Å². The second kappa shape index (κ2) is 27.2. The lowest BCUT2D eigenvalue weighted by molar-refractivity contribution is 0.101. The number of amides is 2. The number of hydrogen-bond donors (Lipinski definition) is 2. The van der Waals surface area contributed by atoms with Gasteiger partial charge >= 0.3 is 0 Å². The average Bonchev–Trinajstić information content (AvgIpc) is 3.87. The first-order valence-corrected chi connectivity index (χ1v) is 26.5. The third-order valence-electron chi connectivity index (χ3n) is 12.4. The molecule has 2 aliphatic heterocycles. The molecule has 2 aliphatic rings. The quantitative estimate of drug-likeness (QED) is 0.0874. The van der Waals surface area contributed by atoms with E-state index in [-0.39, 0.29) is 24.2 Å². The van der Waals surface area contributed by atoms with E-state index in [4.69, 9.17) is 9.47 Å². The van der Waals surface area contributed by atoms with Gasteiger partial charge < -0.3 is 20.1 Å². The normalized spacial score (nSPS) is 14.1. The van der Waals surface area contributed by atoms with Crippen molar-refractivity contribution in [2.75, 3.05) is 50.0 Å². The highest BCUT2D eigenvalue weighted by atomic mass is 79.9. The SMILES string of the molecule is Cc1cc(NC(=O)c2ccc(CN3CCCCC3)cc2)nn1Cc1cc(Br)ccc1OCC(C)C.Cc1cc(NC(=O)c2ccc(CN3CCCCC3)cc2)nn1Cc1cc(Br)ccc1OCC(C)C.Cl. The zero-order valence-electron chi connectivity index (χ0n) is 42.2. The van der Waals surface area contributed by atoms with Crippen molar-refractivity contribution in [1.29, 1.82) is 0 Å². The van der Waals surface area contributed by atoms with E-state index in [0.717, 1.165) is 82.2 Å². The number of aromatic nitrogens is 4. The maximum absolute atomic E-state index is 12.8. The minimum Gasteiger partial charge on any atom is -0.493 e. The molecule has 2 amide bonds. The zero-order valence-corrected chi connectivity index (χ0v) is 46.2. The number of ether oxygens (including phenoxy) is 2. The smallest absolute Gasteiger partial charge is 0.256 e. The number of rotatable bonds is 18. The Labute approximate surface area is 443 Å². The fourth-order valence-electron chi connectivity index (χ4n) is 8.57. The molecule has 0 saturated carbocycles. The molecule has 2 aromatic heterocycles. The molecular weight excluding hydrogens is 1040 g/mol. The third-order valence-corrected chi connectivity index (χ3v) is 13.4. The van der Waals surface area contributed by atoms with E-state index >= 15 is 0 Å². The summed E-state index contributed by atoms with van der Waals surface area (Å²) < 4.78 is 17.8. The summed E-state index contributed by atoms with van der Waals surface area (Å²) in [6.45, 7) is 21.5. The molecule has 2 fully saturated rings. The summed E-state index contributed by atoms with van der Waals surface area (Å²) in [6, 6.07) is 31.7. The molecule has 380 valence electrons. The first-order chi connectivity index (χ1) is 33.7. The highest BCUT2D eigenvalue weighted by molar-refractivity contribution is 9.10. The Hall–Kier alpha value is -4.99. The lowest BCUT2D eigenvalue weighted by atomic mass is 10.1. The van der Waals surface area contributed by atoms with E-state index in [9.17, 15) is 9.59 Å². The van der Waals surface area contributed by atoms with Crippen molar-refractivity contribution in [2.24, 2.45) is 11.8 Å². The molecule has 4 heterocycles. The molecule has 0 atom stereocenters. The third kappa shape index (κ3) is 17.1. The summed E-state index contributed by atoms with van der Waals surface area (Å²) in [7, 11) is 0. The molecule has 2 saturated heterocycles. The number of carbonyl (C=O) groups excluding carboxylic acids is 2. The molecule has 8 rings (SSSR count). The molecule has 0 radical (unpaired) electrons. The highest BCUT2D eigenvalue weighted by Gasteiger charge is 2.17. The number of carbonyl (C=O) groups is 2. The second-order valence-electron chi connectivity index (χ2n) is 19.5.